The average molecular weight is 374 g/mol. The number of thiol groups is 1. The molecule has 0 aliphatic carbocycles. The van der Waals surface area contributed by atoms with Crippen LogP contribution in [0, 0.1) is 6.92 Å². The fourth-order valence-corrected chi connectivity index (χ4v) is 3.29. The van der Waals surface area contributed by atoms with Gasteiger partial charge in [-0.15, -0.1) is 5.10 Å². The van der Waals surface area contributed by atoms with Crippen LogP contribution in [-0.2, 0) is 12.0 Å². The molecule has 1 aliphatic rings. The van der Waals surface area contributed by atoms with Crippen molar-refractivity contribution in [3.05, 3.63) is 17.2 Å². The van der Waals surface area contributed by atoms with E-state index in [1.807, 2.05) is 6.92 Å². The predicted octanol–water partition coefficient (Wildman–Crippen LogP) is 1.77. The molecule has 0 saturated carbocycles. The number of rotatable bonds is 3. The average Bonchev–Trinajstić information content (AvgIpc) is 3.28. The van der Waals surface area contributed by atoms with Gasteiger partial charge in [-0.1, -0.05) is 36.3 Å². The van der Waals surface area contributed by atoms with Crippen LogP contribution in [-0.4, -0.2) is 53.6 Å². The van der Waals surface area contributed by atoms with Gasteiger partial charge in [0.1, 0.15) is 17.2 Å². The van der Waals surface area contributed by atoms with E-state index in [4.69, 9.17) is 14.6 Å². The van der Waals surface area contributed by atoms with Crippen LogP contribution in [0.1, 0.15) is 44.4 Å². The molecule has 1 aliphatic heterocycles. The molecule has 9 nitrogen and oxygen atoms in total. The van der Waals surface area contributed by atoms with E-state index in [9.17, 15) is 0 Å². The Morgan fingerprint density at radius 1 is 1.23 bits per heavy atom. The summed E-state index contributed by atoms with van der Waals surface area (Å²) in [7, 11) is 0. The third kappa shape index (κ3) is 3.02. The van der Waals surface area contributed by atoms with Crippen LogP contribution in [0.4, 0.5) is 5.82 Å². The maximum Gasteiger partial charge on any atom is 0.184 e. The van der Waals surface area contributed by atoms with E-state index in [2.05, 4.69) is 58.9 Å². The molecule has 0 bridgehead atoms. The van der Waals surface area contributed by atoms with Crippen molar-refractivity contribution >= 4 is 29.6 Å². The zero-order valence-electron chi connectivity index (χ0n) is 15.3. The van der Waals surface area contributed by atoms with Gasteiger partial charge in [0.15, 0.2) is 17.0 Å². The molecule has 1 atom stereocenters. The van der Waals surface area contributed by atoms with Gasteiger partial charge in [-0.25, -0.2) is 19.3 Å². The zero-order chi connectivity index (χ0) is 18.5. The molecule has 26 heavy (non-hydrogen) atoms. The summed E-state index contributed by atoms with van der Waals surface area (Å²) < 4.78 is 6.52. The van der Waals surface area contributed by atoms with Gasteiger partial charge in [0.2, 0.25) is 0 Å². The maximum atomic E-state index is 4.84. The van der Waals surface area contributed by atoms with Gasteiger partial charge in [-0.2, -0.15) is 12.6 Å². The summed E-state index contributed by atoms with van der Waals surface area (Å²) >= 11 is 4.60. The molecule has 0 spiro atoms. The minimum atomic E-state index is -0.191. The molecule has 10 heteroatoms. The summed E-state index contributed by atoms with van der Waals surface area (Å²) in [5.74, 6) is 1.60. The van der Waals surface area contributed by atoms with Gasteiger partial charge in [0, 0.05) is 23.8 Å². The van der Waals surface area contributed by atoms with Crippen LogP contribution in [0.2, 0.25) is 0 Å². The van der Waals surface area contributed by atoms with E-state index in [1.165, 1.54) is 0 Å². The summed E-state index contributed by atoms with van der Waals surface area (Å²) in [5, 5.41) is 16.8. The quantitative estimate of drug-likeness (QED) is 0.693. The lowest BCUT2D eigenvalue weighted by Gasteiger charge is -2.22. The number of fused-ring (bicyclic) bond motifs is 1. The molecular weight excluding hydrogens is 352 g/mol. The lowest BCUT2D eigenvalue weighted by atomic mass is 9.96. The number of anilines is 1. The molecule has 4 rings (SSSR count). The van der Waals surface area contributed by atoms with Crippen LogP contribution in [0.15, 0.2) is 4.63 Å². The van der Waals surface area contributed by atoms with Crippen molar-refractivity contribution in [1.29, 1.82) is 0 Å². The SMILES string of the molecule is Cc1nonc1Cn1nnc2c(N3CCC(S)C3)nc(C(C)(C)C)nc21. The molecule has 1 saturated heterocycles. The third-order valence-corrected chi connectivity index (χ3v) is 4.95. The topological polar surface area (TPSA) is 98.6 Å². The fourth-order valence-electron chi connectivity index (χ4n) is 2.97. The van der Waals surface area contributed by atoms with Crippen molar-refractivity contribution in [2.75, 3.05) is 18.0 Å². The molecule has 3 aromatic rings. The normalized spacial score (nSPS) is 18.2. The van der Waals surface area contributed by atoms with E-state index in [0.717, 1.165) is 36.8 Å². The standard InChI is InChI=1S/C16H22N8OS/c1-9-11(21-25-20-9)8-24-14-12(19-22-24)13(23-6-5-10(26)7-23)17-15(18-14)16(2,3)4/h10,26H,5-8H2,1-4H3. The van der Waals surface area contributed by atoms with E-state index >= 15 is 0 Å². The summed E-state index contributed by atoms with van der Waals surface area (Å²) in [6.07, 6.45) is 1.03. The lowest BCUT2D eigenvalue weighted by molar-refractivity contribution is 0.300. The second kappa shape index (κ2) is 6.19. The lowest BCUT2D eigenvalue weighted by Crippen LogP contribution is -2.25. The molecular formula is C16H22N8OS. The molecule has 0 aromatic carbocycles. The molecule has 1 unspecified atom stereocenters. The summed E-state index contributed by atoms with van der Waals surface area (Å²) in [6.45, 7) is 10.3. The number of aryl methyl sites for hydroxylation is 1. The monoisotopic (exact) mass is 374 g/mol. The van der Waals surface area contributed by atoms with Crippen molar-refractivity contribution in [1.82, 2.24) is 35.3 Å². The van der Waals surface area contributed by atoms with Gasteiger partial charge >= 0.3 is 0 Å². The minimum absolute atomic E-state index is 0.191. The van der Waals surface area contributed by atoms with Crippen molar-refractivity contribution in [3.63, 3.8) is 0 Å². The highest BCUT2D eigenvalue weighted by Gasteiger charge is 2.28. The molecule has 3 aromatic heterocycles. The first-order chi connectivity index (χ1) is 12.3. The Bertz CT molecular complexity index is 944. The maximum absolute atomic E-state index is 4.84. The highest BCUT2D eigenvalue weighted by molar-refractivity contribution is 7.81. The Morgan fingerprint density at radius 2 is 2.04 bits per heavy atom. The molecule has 0 amide bonds. The first-order valence-electron chi connectivity index (χ1n) is 8.65. The van der Waals surface area contributed by atoms with Gasteiger partial charge in [0.05, 0.1) is 6.54 Å². The van der Waals surface area contributed by atoms with E-state index < -0.39 is 0 Å². The predicted molar refractivity (Wildman–Crippen MR) is 99.6 cm³/mol. The molecule has 138 valence electrons. The van der Waals surface area contributed by atoms with Crippen LogP contribution in [0.25, 0.3) is 11.2 Å². The highest BCUT2D eigenvalue weighted by atomic mass is 32.1. The number of hydrogen-bond acceptors (Lipinski definition) is 9. The number of aromatic nitrogens is 7. The van der Waals surface area contributed by atoms with Crippen molar-refractivity contribution in [3.8, 4) is 0 Å². The summed E-state index contributed by atoms with van der Waals surface area (Å²) in [6, 6.07) is 0. The van der Waals surface area contributed by atoms with E-state index in [0.29, 0.717) is 28.7 Å². The second-order valence-electron chi connectivity index (χ2n) is 7.72. The Balaban J connectivity index is 1.84. The summed E-state index contributed by atoms with van der Waals surface area (Å²) in [4.78, 5) is 11.8. The summed E-state index contributed by atoms with van der Waals surface area (Å²) in [5.41, 5.74) is 2.66. The van der Waals surface area contributed by atoms with Crippen LogP contribution < -0.4 is 4.90 Å². The second-order valence-corrected chi connectivity index (χ2v) is 8.46. The number of nitrogens with zero attached hydrogens (tertiary/aromatic N) is 8. The van der Waals surface area contributed by atoms with Crippen LogP contribution in [0.5, 0.6) is 0 Å². The molecule has 1 fully saturated rings. The first kappa shape index (κ1) is 17.2. The van der Waals surface area contributed by atoms with Gasteiger partial charge in [-0.3, -0.25) is 0 Å². The Hall–Kier alpha value is -2.23. The highest BCUT2D eigenvalue weighted by Crippen LogP contribution is 2.30. The third-order valence-electron chi connectivity index (χ3n) is 4.52. The van der Waals surface area contributed by atoms with Crippen molar-refractivity contribution in [2.45, 2.75) is 51.3 Å². The Kier molecular flexibility index (Phi) is 4.09. The van der Waals surface area contributed by atoms with Crippen molar-refractivity contribution < 1.29 is 4.63 Å². The molecule has 0 N–H and O–H groups in total. The van der Waals surface area contributed by atoms with Crippen LogP contribution >= 0.6 is 12.6 Å². The zero-order valence-corrected chi connectivity index (χ0v) is 16.2. The fraction of sp³-hybridized carbons (Fsp3) is 0.625. The molecule has 4 heterocycles. The Labute approximate surface area is 156 Å². The minimum Gasteiger partial charge on any atom is -0.353 e. The van der Waals surface area contributed by atoms with Crippen LogP contribution in [0.3, 0.4) is 0 Å². The van der Waals surface area contributed by atoms with Crippen molar-refractivity contribution in [2.24, 2.45) is 0 Å². The van der Waals surface area contributed by atoms with Gasteiger partial charge < -0.3 is 4.90 Å². The number of hydrogen-bond donors (Lipinski definition) is 1. The van der Waals surface area contributed by atoms with E-state index in [1.54, 1.807) is 4.68 Å². The largest absolute Gasteiger partial charge is 0.353 e. The van der Waals surface area contributed by atoms with Gasteiger partial charge in [-0.05, 0) is 13.3 Å². The van der Waals surface area contributed by atoms with Gasteiger partial charge in [0.25, 0.3) is 0 Å². The first-order valence-corrected chi connectivity index (χ1v) is 9.17. The Morgan fingerprint density at radius 3 is 2.65 bits per heavy atom. The molecule has 0 radical (unpaired) electrons. The van der Waals surface area contributed by atoms with E-state index in [-0.39, 0.29) is 5.41 Å². The smallest absolute Gasteiger partial charge is 0.184 e.